The molecule has 1 aliphatic carbocycles. The third-order valence-electron chi connectivity index (χ3n) is 2.66. The van der Waals surface area contributed by atoms with Gasteiger partial charge in [0.2, 0.25) is 0 Å². The minimum atomic E-state index is -1.03. The monoisotopic (exact) mass is 251 g/mol. The summed E-state index contributed by atoms with van der Waals surface area (Å²) in [6.45, 7) is 0. The number of carbonyl (C=O) groups is 5. The van der Waals surface area contributed by atoms with Crippen molar-refractivity contribution in [2.24, 2.45) is 0 Å². The molecule has 2 aliphatic rings. The molecule has 2 N–H and O–H groups in total. The molecule has 18 heavy (non-hydrogen) atoms. The summed E-state index contributed by atoms with van der Waals surface area (Å²) in [6, 6.07) is -1.94. The molecule has 94 valence electrons. The molecule has 0 aromatic heterocycles. The van der Waals surface area contributed by atoms with Gasteiger partial charge in [0, 0.05) is 0 Å². The number of rotatable bonds is 1. The summed E-state index contributed by atoms with van der Waals surface area (Å²) in [5.74, 6) is -3.25. The highest BCUT2D eigenvalue weighted by Gasteiger charge is 2.50. The van der Waals surface area contributed by atoms with Gasteiger partial charge in [-0.3, -0.25) is 34.7 Å². The summed E-state index contributed by atoms with van der Waals surface area (Å²) < 4.78 is 0. The number of nitrogens with one attached hydrogen (secondary N) is 2. The van der Waals surface area contributed by atoms with Crippen LogP contribution in [0.5, 0.6) is 0 Å². The van der Waals surface area contributed by atoms with Gasteiger partial charge in [-0.1, -0.05) is 0 Å². The second-order valence-corrected chi connectivity index (χ2v) is 4.08. The van der Waals surface area contributed by atoms with Gasteiger partial charge in [0.15, 0.2) is 11.6 Å². The number of hydrogen-bond donors (Lipinski definition) is 2. The molecule has 1 heterocycles. The average molecular weight is 251 g/mol. The molecule has 1 saturated carbocycles. The van der Waals surface area contributed by atoms with Gasteiger partial charge in [0.25, 0.3) is 11.8 Å². The van der Waals surface area contributed by atoms with Crippen LogP contribution in [-0.2, 0) is 19.2 Å². The molecule has 0 bridgehead atoms. The Morgan fingerprint density at radius 1 is 0.833 bits per heavy atom. The number of Topliss-reactive ketones (excluding diaryl/α,β-unsaturated/α-hetero) is 2. The Labute approximate surface area is 101 Å². The number of likely N-dealkylation sites (N-methyl/N-ethyl adjacent to an activating group) is 1. The molecule has 8 heteroatoms. The lowest BCUT2D eigenvalue weighted by molar-refractivity contribution is -0.139. The predicted molar refractivity (Wildman–Crippen MR) is 56.2 cm³/mol. The first-order valence-electron chi connectivity index (χ1n) is 5.00. The fraction of sp³-hybridized carbons (Fsp3) is 0.300. The Morgan fingerprint density at radius 3 is 1.67 bits per heavy atom. The summed E-state index contributed by atoms with van der Waals surface area (Å²) in [5, 5.41) is 3.62. The van der Waals surface area contributed by atoms with Crippen molar-refractivity contribution < 1.29 is 24.0 Å². The fourth-order valence-electron chi connectivity index (χ4n) is 1.84. The normalized spacial score (nSPS) is 24.2. The third-order valence-corrected chi connectivity index (χ3v) is 2.66. The second-order valence-electron chi connectivity index (χ2n) is 4.08. The Bertz CT molecular complexity index is 506. The zero-order chi connectivity index (χ0) is 13.6. The maximum Gasteiger partial charge on any atom is 0.328 e. The molecule has 0 spiro atoms. The van der Waals surface area contributed by atoms with E-state index in [2.05, 4.69) is 0 Å². The van der Waals surface area contributed by atoms with Gasteiger partial charge in [-0.2, -0.15) is 0 Å². The van der Waals surface area contributed by atoms with Gasteiger partial charge in [-0.25, -0.2) is 4.79 Å². The summed E-state index contributed by atoms with van der Waals surface area (Å²) >= 11 is 0. The van der Waals surface area contributed by atoms with E-state index in [1.54, 1.807) is 0 Å². The molecular formula is C10H9N3O5. The van der Waals surface area contributed by atoms with Crippen LogP contribution in [0, 0.1) is 0 Å². The van der Waals surface area contributed by atoms with Crippen molar-refractivity contribution in [2.45, 2.75) is 6.04 Å². The van der Waals surface area contributed by atoms with E-state index in [0.29, 0.717) is 0 Å². The van der Waals surface area contributed by atoms with Crippen LogP contribution in [0.15, 0.2) is 11.1 Å². The van der Waals surface area contributed by atoms with Crippen molar-refractivity contribution in [3.63, 3.8) is 0 Å². The van der Waals surface area contributed by atoms with Gasteiger partial charge in [-0.15, -0.1) is 0 Å². The van der Waals surface area contributed by atoms with E-state index in [1.807, 2.05) is 10.6 Å². The predicted octanol–water partition coefficient (Wildman–Crippen LogP) is -2.27. The van der Waals surface area contributed by atoms with Crippen LogP contribution in [0.25, 0.3) is 0 Å². The van der Waals surface area contributed by atoms with Crippen LogP contribution in [-0.4, -0.2) is 54.4 Å². The van der Waals surface area contributed by atoms with Gasteiger partial charge >= 0.3 is 6.03 Å². The number of urea groups is 1. The lowest BCUT2D eigenvalue weighted by Gasteiger charge is -2.32. The summed E-state index contributed by atoms with van der Waals surface area (Å²) in [5.41, 5.74) is -1.04. The Hall–Kier alpha value is -2.35. The largest absolute Gasteiger partial charge is 0.328 e. The Kier molecular flexibility index (Phi) is 2.59. The second kappa shape index (κ2) is 3.84. The van der Waals surface area contributed by atoms with Gasteiger partial charge in [0.1, 0.15) is 11.6 Å². The SMILES string of the molecule is CN(C)C1C(=O)C(=C2C(=O)NC(=O)NC2=O)C1=O. The average Bonchev–Trinajstić information content (AvgIpc) is 2.22. The van der Waals surface area contributed by atoms with Crippen LogP contribution in [0.1, 0.15) is 0 Å². The van der Waals surface area contributed by atoms with Crippen molar-refractivity contribution in [3.05, 3.63) is 11.1 Å². The van der Waals surface area contributed by atoms with E-state index in [9.17, 15) is 24.0 Å². The molecule has 1 saturated heterocycles. The molecule has 8 nitrogen and oxygen atoms in total. The van der Waals surface area contributed by atoms with Crippen molar-refractivity contribution in [1.29, 1.82) is 0 Å². The topological polar surface area (TPSA) is 113 Å². The molecule has 0 aromatic carbocycles. The smallest absolute Gasteiger partial charge is 0.293 e. The zero-order valence-electron chi connectivity index (χ0n) is 9.57. The molecule has 0 aromatic rings. The molecule has 2 fully saturated rings. The fourth-order valence-corrected chi connectivity index (χ4v) is 1.84. The van der Waals surface area contributed by atoms with Crippen LogP contribution >= 0.6 is 0 Å². The number of barbiturate groups is 1. The number of hydrogen-bond acceptors (Lipinski definition) is 6. The maximum atomic E-state index is 11.7. The van der Waals surface area contributed by atoms with Gasteiger partial charge in [-0.05, 0) is 14.1 Å². The third kappa shape index (κ3) is 1.54. The number of carbonyl (C=O) groups excluding carboxylic acids is 5. The van der Waals surface area contributed by atoms with Crippen LogP contribution < -0.4 is 10.6 Å². The molecule has 0 atom stereocenters. The first-order valence-corrected chi connectivity index (χ1v) is 5.00. The van der Waals surface area contributed by atoms with E-state index in [-0.39, 0.29) is 0 Å². The summed E-state index contributed by atoms with van der Waals surface area (Å²) in [6.07, 6.45) is 0. The van der Waals surface area contributed by atoms with E-state index in [0.717, 1.165) is 0 Å². The summed E-state index contributed by atoms with van der Waals surface area (Å²) in [7, 11) is 3.07. The van der Waals surface area contributed by atoms with Crippen LogP contribution in [0.3, 0.4) is 0 Å². The Morgan fingerprint density at radius 2 is 1.28 bits per heavy atom. The number of nitrogens with zero attached hydrogens (tertiary/aromatic N) is 1. The van der Waals surface area contributed by atoms with Crippen LogP contribution in [0.2, 0.25) is 0 Å². The minimum Gasteiger partial charge on any atom is -0.293 e. The highest BCUT2D eigenvalue weighted by Crippen LogP contribution is 2.26. The number of amides is 4. The molecule has 0 unspecified atom stereocenters. The highest BCUT2D eigenvalue weighted by molar-refractivity contribution is 6.47. The van der Waals surface area contributed by atoms with Crippen molar-refractivity contribution in [1.82, 2.24) is 15.5 Å². The van der Waals surface area contributed by atoms with E-state index in [1.165, 1.54) is 19.0 Å². The molecular weight excluding hydrogens is 242 g/mol. The standard InChI is InChI=1S/C10H9N3O5/c1-13(2)5-6(14)3(7(5)15)4-8(16)11-10(18)12-9(4)17/h5H,1-2H3,(H2,11,12,16,17,18). The summed E-state index contributed by atoms with van der Waals surface area (Å²) in [4.78, 5) is 58.6. The van der Waals surface area contributed by atoms with Gasteiger partial charge in [0.05, 0.1) is 5.57 Å². The molecule has 1 aliphatic heterocycles. The van der Waals surface area contributed by atoms with Crippen molar-refractivity contribution in [2.75, 3.05) is 14.1 Å². The quantitative estimate of drug-likeness (QED) is 0.309. The number of imide groups is 2. The van der Waals surface area contributed by atoms with E-state index >= 15 is 0 Å². The zero-order valence-corrected chi connectivity index (χ0v) is 9.57. The Balaban J connectivity index is 2.42. The van der Waals surface area contributed by atoms with E-state index in [4.69, 9.17) is 0 Å². The van der Waals surface area contributed by atoms with E-state index < -0.39 is 46.6 Å². The van der Waals surface area contributed by atoms with Gasteiger partial charge < -0.3 is 0 Å². The first-order chi connectivity index (χ1) is 8.34. The number of ketones is 2. The first kappa shape index (κ1) is 12.1. The van der Waals surface area contributed by atoms with Crippen molar-refractivity contribution >= 4 is 29.4 Å². The lowest BCUT2D eigenvalue weighted by atomic mass is 9.78. The molecule has 4 amide bonds. The van der Waals surface area contributed by atoms with Crippen LogP contribution in [0.4, 0.5) is 4.79 Å². The minimum absolute atomic E-state index is 0.448. The molecule has 2 rings (SSSR count). The maximum absolute atomic E-state index is 11.7. The van der Waals surface area contributed by atoms with Crippen molar-refractivity contribution in [3.8, 4) is 0 Å². The lowest BCUT2D eigenvalue weighted by Crippen LogP contribution is -2.59. The molecule has 0 radical (unpaired) electrons. The highest BCUT2D eigenvalue weighted by atomic mass is 16.2.